The Balaban J connectivity index is 1.57. The van der Waals surface area contributed by atoms with Crippen molar-refractivity contribution in [1.29, 1.82) is 0 Å². The van der Waals surface area contributed by atoms with Gasteiger partial charge in [-0.3, -0.25) is 4.98 Å². The van der Waals surface area contributed by atoms with Crippen LogP contribution in [0.25, 0.3) is 22.6 Å². The second kappa shape index (κ2) is 8.91. The van der Waals surface area contributed by atoms with Crippen LogP contribution in [0.2, 0.25) is 0 Å². The SMILES string of the molecule is NC(c1ccncc1)c1nccc(-c2[nH]c(C3OCCCO3)nc2-c2ccc(F)cc2)n1. The molecule has 4 heterocycles. The van der Waals surface area contributed by atoms with Gasteiger partial charge in [0.25, 0.3) is 0 Å². The zero-order valence-corrected chi connectivity index (χ0v) is 17.1. The molecule has 162 valence electrons. The largest absolute Gasteiger partial charge is 0.346 e. The van der Waals surface area contributed by atoms with Gasteiger partial charge in [0.15, 0.2) is 5.82 Å². The van der Waals surface area contributed by atoms with Gasteiger partial charge in [0.2, 0.25) is 6.29 Å². The molecule has 0 amide bonds. The smallest absolute Gasteiger partial charge is 0.217 e. The summed E-state index contributed by atoms with van der Waals surface area (Å²) in [5, 5.41) is 0. The molecule has 1 aromatic carbocycles. The van der Waals surface area contributed by atoms with Crippen molar-refractivity contribution in [2.75, 3.05) is 13.2 Å². The van der Waals surface area contributed by atoms with Crippen molar-refractivity contribution in [2.24, 2.45) is 5.73 Å². The van der Waals surface area contributed by atoms with Crippen LogP contribution in [0.1, 0.15) is 36.0 Å². The Labute approximate surface area is 183 Å². The number of aromatic nitrogens is 5. The summed E-state index contributed by atoms with van der Waals surface area (Å²) in [5.41, 5.74) is 9.84. The van der Waals surface area contributed by atoms with E-state index in [4.69, 9.17) is 25.2 Å². The fraction of sp³-hybridized carbons (Fsp3) is 0.217. The standard InChI is InChI=1S/C23H21FN6O2/c24-16-4-2-15(3-5-16)19-20(30-22(29-19)23-31-12-1-13-32-23)17-8-11-27-21(28-17)18(25)14-6-9-26-10-7-14/h2-11,18,23H,1,12-13,25H2,(H,29,30). The molecular formula is C23H21FN6O2. The highest BCUT2D eigenvalue weighted by atomic mass is 19.1. The number of rotatable bonds is 5. The molecule has 0 bridgehead atoms. The van der Waals surface area contributed by atoms with Crippen molar-refractivity contribution >= 4 is 0 Å². The number of pyridine rings is 1. The van der Waals surface area contributed by atoms with Crippen LogP contribution >= 0.6 is 0 Å². The molecule has 3 aromatic heterocycles. The van der Waals surface area contributed by atoms with Crippen molar-refractivity contribution in [2.45, 2.75) is 18.8 Å². The summed E-state index contributed by atoms with van der Waals surface area (Å²) in [4.78, 5) is 21.1. The summed E-state index contributed by atoms with van der Waals surface area (Å²) in [6.45, 7) is 1.18. The van der Waals surface area contributed by atoms with Crippen LogP contribution in [0.4, 0.5) is 4.39 Å². The zero-order valence-electron chi connectivity index (χ0n) is 17.1. The topological polar surface area (TPSA) is 112 Å². The van der Waals surface area contributed by atoms with Crippen molar-refractivity contribution < 1.29 is 13.9 Å². The minimum atomic E-state index is -0.600. The monoisotopic (exact) mass is 432 g/mol. The number of nitrogens with zero attached hydrogens (tertiary/aromatic N) is 4. The lowest BCUT2D eigenvalue weighted by Gasteiger charge is -2.21. The molecule has 1 fully saturated rings. The van der Waals surface area contributed by atoms with Crippen molar-refractivity contribution in [3.05, 3.63) is 84.1 Å². The molecule has 3 N–H and O–H groups in total. The molecule has 1 aliphatic rings. The Hall–Kier alpha value is -3.53. The van der Waals surface area contributed by atoms with Gasteiger partial charge in [-0.2, -0.15) is 0 Å². The van der Waals surface area contributed by atoms with Gasteiger partial charge < -0.3 is 20.2 Å². The second-order valence-electron chi connectivity index (χ2n) is 7.34. The lowest BCUT2D eigenvalue weighted by molar-refractivity contribution is -0.186. The van der Waals surface area contributed by atoms with Gasteiger partial charge >= 0.3 is 0 Å². The van der Waals surface area contributed by atoms with Gasteiger partial charge in [-0.1, -0.05) is 0 Å². The maximum atomic E-state index is 13.5. The molecule has 0 aliphatic carbocycles. The molecule has 0 radical (unpaired) electrons. The predicted molar refractivity (Wildman–Crippen MR) is 115 cm³/mol. The fourth-order valence-electron chi connectivity index (χ4n) is 3.53. The molecule has 0 saturated carbocycles. The van der Waals surface area contributed by atoms with E-state index in [1.165, 1.54) is 12.1 Å². The maximum Gasteiger partial charge on any atom is 0.217 e. The van der Waals surface area contributed by atoms with Crippen LogP contribution in [0.3, 0.4) is 0 Å². The summed E-state index contributed by atoms with van der Waals surface area (Å²) < 4.78 is 24.9. The lowest BCUT2D eigenvalue weighted by Crippen LogP contribution is -2.18. The molecule has 1 atom stereocenters. The highest BCUT2D eigenvalue weighted by Gasteiger charge is 2.24. The Bertz CT molecular complexity index is 1190. The van der Waals surface area contributed by atoms with E-state index < -0.39 is 12.3 Å². The Morgan fingerprint density at radius 3 is 2.47 bits per heavy atom. The average Bonchev–Trinajstić information content (AvgIpc) is 3.31. The van der Waals surface area contributed by atoms with Crippen molar-refractivity contribution in [3.63, 3.8) is 0 Å². The van der Waals surface area contributed by atoms with Crippen LogP contribution < -0.4 is 5.73 Å². The first kappa shape index (κ1) is 20.4. The third-order valence-electron chi connectivity index (χ3n) is 5.16. The Morgan fingerprint density at radius 2 is 1.72 bits per heavy atom. The van der Waals surface area contributed by atoms with E-state index in [2.05, 4.69) is 15.0 Å². The van der Waals surface area contributed by atoms with Gasteiger partial charge in [-0.05, 0) is 54.4 Å². The van der Waals surface area contributed by atoms with Crippen LogP contribution in [0.15, 0.2) is 61.1 Å². The number of hydrogen-bond donors (Lipinski definition) is 2. The fourth-order valence-corrected chi connectivity index (χ4v) is 3.53. The predicted octanol–water partition coefficient (Wildman–Crippen LogP) is 3.55. The minimum Gasteiger partial charge on any atom is -0.346 e. The highest BCUT2D eigenvalue weighted by Crippen LogP contribution is 2.33. The molecule has 4 aromatic rings. The molecular weight excluding hydrogens is 411 g/mol. The molecule has 9 heteroatoms. The molecule has 1 saturated heterocycles. The summed E-state index contributed by atoms with van der Waals surface area (Å²) in [5.74, 6) is 0.662. The van der Waals surface area contributed by atoms with Crippen LogP contribution in [0.5, 0.6) is 0 Å². The molecule has 5 rings (SSSR count). The van der Waals surface area contributed by atoms with E-state index >= 15 is 0 Å². The van der Waals surface area contributed by atoms with Crippen LogP contribution in [0, 0.1) is 5.82 Å². The molecule has 32 heavy (non-hydrogen) atoms. The van der Waals surface area contributed by atoms with Gasteiger partial charge in [-0.25, -0.2) is 19.3 Å². The quantitative estimate of drug-likeness (QED) is 0.496. The number of H-pyrrole nitrogens is 1. The van der Waals surface area contributed by atoms with Gasteiger partial charge in [0.1, 0.15) is 11.6 Å². The number of benzene rings is 1. The Kier molecular flexibility index (Phi) is 5.68. The summed E-state index contributed by atoms with van der Waals surface area (Å²) in [7, 11) is 0. The number of nitrogens with two attached hydrogens (primary N) is 1. The van der Waals surface area contributed by atoms with Crippen LogP contribution in [-0.4, -0.2) is 38.1 Å². The van der Waals surface area contributed by atoms with E-state index in [0.29, 0.717) is 41.9 Å². The van der Waals surface area contributed by atoms with Gasteiger partial charge in [0, 0.05) is 24.2 Å². The van der Waals surface area contributed by atoms with Gasteiger partial charge in [0.05, 0.1) is 36.3 Å². The number of nitrogens with one attached hydrogen (secondary N) is 1. The van der Waals surface area contributed by atoms with Crippen molar-refractivity contribution in [1.82, 2.24) is 24.9 Å². The maximum absolute atomic E-state index is 13.5. The molecule has 0 spiro atoms. The number of ether oxygens (including phenoxy) is 2. The molecule has 1 unspecified atom stereocenters. The van der Waals surface area contributed by atoms with E-state index in [-0.39, 0.29) is 5.82 Å². The number of hydrogen-bond acceptors (Lipinski definition) is 7. The summed E-state index contributed by atoms with van der Waals surface area (Å²) >= 11 is 0. The zero-order chi connectivity index (χ0) is 21.9. The Morgan fingerprint density at radius 1 is 0.969 bits per heavy atom. The van der Waals surface area contributed by atoms with Crippen LogP contribution in [-0.2, 0) is 9.47 Å². The number of imidazole rings is 1. The first-order chi connectivity index (χ1) is 15.7. The second-order valence-corrected chi connectivity index (χ2v) is 7.34. The summed E-state index contributed by atoms with van der Waals surface area (Å²) in [6, 6.07) is 11.1. The molecule has 1 aliphatic heterocycles. The van der Waals surface area contributed by atoms with E-state index in [9.17, 15) is 4.39 Å². The van der Waals surface area contributed by atoms with E-state index in [1.807, 2.05) is 12.1 Å². The normalized spacial score (nSPS) is 15.6. The average molecular weight is 432 g/mol. The number of aromatic amines is 1. The highest BCUT2D eigenvalue weighted by molar-refractivity contribution is 5.76. The van der Waals surface area contributed by atoms with Crippen molar-refractivity contribution in [3.8, 4) is 22.6 Å². The number of halogens is 1. The molecule has 8 nitrogen and oxygen atoms in total. The third kappa shape index (κ3) is 4.13. The first-order valence-corrected chi connectivity index (χ1v) is 10.3. The first-order valence-electron chi connectivity index (χ1n) is 10.3. The van der Waals surface area contributed by atoms with E-state index in [1.54, 1.807) is 36.8 Å². The summed E-state index contributed by atoms with van der Waals surface area (Å²) in [6.07, 6.45) is 5.24. The third-order valence-corrected chi connectivity index (χ3v) is 5.16. The minimum absolute atomic E-state index is 0.322. The van der Waals surface area contributed by atoms with E-state index in [0.717, 1.165) is 17.5 Å². The van der Waals surface area contributed by atoms with Gasteiger partial charge in [-0.15, -0.1) is 0 Å². The lowest BCUT2D eigenvalue weighted by atomic mass is 10.1.